The molecule has 19 heavy (non-hydrogen) atoms. The van der Waals surface area contributed by atoms with E-state index in [1.807, 2.05) is 11.8 Å². The maximum atomic E-state index is 9.48. The Hall–Kier alpha value is -0.590. The predicted molar refractivity (Wildman–Crippen MR) is 73.8 cm³/mol. The van der Waals surface area contributed by atoms with E-state index in [0.29, 0.717) is 18.9 Å². The zero-order chi connectivity index (χ0) is 13.1. The van der Waals surface area contributed by atoms with Crippen molar-refractivity contribution in [2.45, 2.75) is 61.7 Å². The lowest BCUT2D eigenvalue weighted by Gasteiger charge is -2.19. The van der Waals surface area contributed by atoms with Crippen molar-refractivity contribution in [3.05, 3.63) is 11.7 Å². The van der Waals surface area contributed by atoms with E-state index in [1.165, 1.54) is 32.1 Å². The SMILES string of the molecule is O[C@H]1CN[C@H](c2nc(CSC3CCCCC3)no2)C1. The van der Waals surface area contributed by atoms with Gasteiger partial charge in [-0.05, 0) is 19.3 Å². The zero-order valence-corrected chi connectivity index (χ0v) is 11.9. The third-order valence-electron chi connectivity index (χ3n) is 3.89. The van der Waals surface area contributed by atoms with E-state index in [9.17, 15) is 5.11 Å². The Morgan fingerprint density at radius 1 is 1.32 bits per heavy atom. The average molecular weight is 283 g/mol. The molecular formula is C13H21N3O2S. The highest BCUT2D eigenvalue weighted by atomic mass is 32.2. The molecule has 2 heterocycles. The Balaban J connectivity index is 1.50. The fourth-order valence-electron chi connectivity index (χ4n) is 2.80. The van der Waals surface area contributed by atoms with Crippen molar-refractivity contribution in [2.24, 2.45) is 0 Å². The molecular weight excluding hydrogens is 262 g/mol. The molecule has 0 unspecified atom stereocenters. The first kappa shape index (κ1) is 13.4. The maximum absolute atomic E-state index is 9.48. The minimum atomic E-state index is -0.294. The molecule has 0 amide bonds. The molecule has 106 valence electrons. The maximum Gasteiger partial charge on any atom is 0.243 e. The molecule has 5 nitrogen and oxygen atoms in total. The summed E-state index contributed by atoms with van der Waals surface area (Å²) in [5.74, 6) is 2.24. The summed E-state index contributed by atoms with van der Waals surface area (Å²) in [6.45, 7) is 0.610. The van der Waals surface area contributed by atoms with Crippen LogP contribution in [0, 0.1) is 0 Å². The molecule has 2 aliphatic rings. The van der Waals surface area contributed by atoms with Gasteiger partial charge in [0.15, 0.2) is 5.82 Å². The number of aliphatic hydroxyl groups is 1. The lowest BCUT2D eigenvalue weighted by atomic mass is 10.0. The predicted octanol–water partition coefficient (Wildman–Crippen LogP) is 2.03. The van der Waals surface area contributed by atoms with Gasteiger partial charge in [-0.25, -0.2) is 0 Å². The van der Waals surface area contributed by atoms with Crippen LogP contribution in [0.3, 0.4) is 0 Å². The number of aliphatic hydroxyl groups excluding tert-OH is 1. The minimum Gasteiger partial charge on any atom is -0.392 e. The van der Waals surface area contributed by atoms with E-state index in [-0.39, 0.29) is 12.1 Å². The van der Waals surface area contributed by atoms with Crippen molar-refractivity contribution in [3.63, 3.8) is 0 Å². The van der Waals surface area contributed by atoms with Crippen LogP contribution in [0.5, 0.6) is 0 Å². The Kier molecular flexibility index (Phi) is 4.40. The number of nitrogens with one attached hydrogen (secondary N) is 1. The molecule has 1 aromatic heterocycles. The molecule has 1 aliphatic carbocycles. The fourth-order valence-corrected chi connectivity index (χ4v) is 3.97. The zero-order valence-electron chi connectivity index (χ0n) is 11.0. The van der Waals surface area contributed by atoms with Crippen molar-refractivity contribution in [3.8, 4) is 0 Å². The highest BCUT2D eigenvalue weighted by Gasteiger charge is 2.28. The number of hydrogen-bond acceptors (Lipinski definition) is 6. The second kappa shape index (κ2) is 6.24. The monoisotopic (exact) mass is 283 g/mol. The first-order chi connectivity index (χ1) is 9.31. The molecule has 6 heteroatoms. The molecule has 0 spiro atoms. The molecule has 2 atom stereocenters. The Labute approximate surface area is 117 Å². The minimum absolute atomic E-state index is 0.0240. The first-order valence-electron chi connectivity index (χ1n) is 7.17. The van der Waals surface area contributed by atoms with Crippen LogP contribution in [0.15, 0.2) is 4.52 Å². The van der Waals surface area contributed by atoms with Crippen molar-refractivity contribution in [1.82, 2.24) is 15.5 Å². The van der Waals surface area contributed by atoms with E-state index >= 15 is 0 Å². The summed E-state index contributed by atoms with van der Waals surface area (Å²) in [6.07, 6.45) is 7.13. The summed E-state index contributed by atoms with van der Waals surface area (Å²) >= 11 is 1.95. The molecule has 1 saturated carbocycles. The Bertz CT molecular complexity index is 406. The second-order valence-electron chi connectivity index (χ2n) is 5.47. The van der Waals surface area contributed by atoms with Crippen molar-refractivity contribution in [1.29, 1.82) is 0 Å². The molecule has 2 N–H and O–H groups in total. The smallest absolute Gasteiger partial charge is 0.243 e. The van der Waals surface area contributed by atoms with Crippen LogP contribution in [-0.2, 0) is 5.75 Å². The summed E-state index contributed by atoms with van der Waals surface area (Å²) in [4.78, 5) is 4.44. The molecule has 1 aromatic rings. The number of aromatic nitrogens is 2. The van der Waals surface area contributed by atoms with Crippen LogP contribution in [-0.4, -0.2) is 33.1 Å². The number of β-amino-alcohol motifs (C(OH)–C–C–N with tert-alkyl or cyclic N) is 1. The largest absolute Gasteiger partial charge is 0.392 e. The third-order valence-corrected chi connectivity index (χ3v) is 5.26. The highest BCUT2D eigenvalue weighted by Crippen LogP contribution is 2.30. The van der Waals surface area contributed by atoms with Crippen LogP contribution < -0.4 is 5.32 Å². The van der Waals surface area contributed by atoms with Gasteiger partial charge in [0.2, 0.25) is 5.89 Å². The normalized spacial score (nSPS) is 28.9. The molecule has 2 fully saturated rings. The van der Waals surface area contributed by atoms with Gasteiger partial charge in [-0.1, -0.05) is 24.4 Å². The number of hydrogen-bond donors (Lipinski definition) is 2. The average Bonchev–Trinajstić information content (AvgIpc) is 3.06. The number of rotatable bonds is 4. The van der Waals surface area contributed by atoms with Crippen LogP contribution in [0.1, 0.15) is 56.3 Å². The molecule has 3 rings (SSSR count). The fraction of sp³-hybridized carbons (Fsp3) is 0.846. The van der Waals surface area contributed by atoms with Crippen molar-refractivity contribution in [2.75, 3.05) is 6.54 Å². The van der Waals surface area contributed by atoms with Gasteiger partial charge in [0.05, 0.1) is 17.9 Å². The van der Waals surface area contributed by atoms with Gasteiger partial charge in [0.1, 0.15) is 0 Å². The second-order valence-corrected chi connectivity index (χ2v) is 6.76. The van der Waals surface area contributed by atoms with Gasteiger partial charge in [-0.15, -0.1) is 0 Å². The van der Waals surface area contributed by atoms with Crippen LogP contribution in [0.25, 0.3) is 0 Å². The molecule has 1 aliphatic heterocycles. The quantitative estimate of drug-likeness (QED) is 0.881. The van der Waals surface area contributed by atoms with Gasteiger partial charge in [-0.2, -0.15) is 16.7 Å². The lowest BCUT2D eigenvalue weighted by Crippen LogP contribution is -2.15. The van der Waals surface area contributed by atoms with Gasteiger partial charge < -0.3 is 14.9 Å². The Morgan fingerprint density at radius 2 is 2.16 bits per heavy atom. The molecule has 0 radical (unpaired) electrons. The van der Waals surface area contributed by atoms with E-state index < -0.39 is 0 Å². The third kappa shape index (κ3) is 3.49. The van der Waals surface area contributed by atoms with Gasteiger partial charge in [-0.3, -0.25) is 0 Å². The topological polar surface area (TPSA) is 71.2 Å². The summed E-state index contributed by atoms with van der Waals surface area (Å²) in [5.41, 5.74) is 0. The standard InChI is InChI=1S/C13H21N3O2S/c17-9-6-11(14-7-9)13-15-12(16-18-13)8-19-10-4-2-1-3-5-10/h9-11,14,17H,1-8H2/t9-,11+/m1/s1. The molecule has 0 bridgehead atoms. The summed E-state index contributed by atoms with van der Waals surface area (Å²) in [7, 11) is 0. The van der Waals surface area contributed by atoms with Crippen LogP contribution >= 0.6 is 11.8 Å². The van der Waals surface area contributed by atoms with Gasteiger partial charge >= 0.3 is 0 Å². The number of nitrogens with zero attached hydrogens (tertiary/aromatic N) is 2. The molecule has 1 saturated heterocycles. The van der Waals surface area contributed by atoms with Crippen molar-refractivity contribution >= 4 is 11.8 Å². The highest BCUT2D eigenvalue weighted by molar-refractivity contribution is 7.99. The van der Waals surface area contributed by atoms with Crippen LogP contribution in [0.4, 0.5) is 0 Å². The van der Waals surface area contributed by atoms with E-state index in [0.717, 1.165) is 16.8 Å². The molecule has 0 aromatic carbocycles. The van der Waals surface area contributed by atoms with Crippen LogP contribution in [0.2, 0.25) is 0 Å². The first-order valence-corrected chi connectivity index (χ1v) is 8.21. The Morgan fingerprint density at radius 3 is 2.89 bits per heavy atom. The van der Waals surface area contributed by atoms with E-state index in [4.69, 9.17) is 4.52 Å². The van der Waals surface area contributed by atoms with E-state index in [2.05, 4.69) is 15.5 Å². The van der Waals surface area contributed by atoms with E-state index in [1.54, 1.807) is 0 Å². The van der Waals surface area contributed by atoms with Gasteiger partial charge in [0, 0.05) is 11.8 Å². The van der Waals surface area contributed by atoms with Crippen molar-refractivity contribution < 1.29 is 9.63 Å². The summed E-state index contributed by atoms with van der Waals surface area (Å²) in [6, 6.07) is 0.0240. The summed E-state index contributed by atoms with van der Waals surface area (Å²) < 4.78 is 5.29. The number of thioether (sulfide) groups is 1. The summed E-state index contributed by atoms with van der Waals surface area (Å²) in [5, 5.41) is 17.5. The van der Waals surface area contributed by atoms with Gasteiger partial charge in [0.25, 0.3) is 0 Å². The lowest BCUT2D eigenvalue weighted by molar-refractivity contribution is 0.191.